The molecule has 1 atom stereocenters. The normalized spacial score (nSPS) is 16.8. The number of nitrogens with zero attached hydrogens (tertiary/aromatic N) is 4. The van der Waals surface area contributed by atoms with Gasteiger partial charge in [-0.05, 0) is 68.0 Å². The third-order valence-corrected chi connectivity index (χ3v) is 12.0. The van der Waals surface area contributed by atoms with E-state index in [1.165, 1.54) is 22.7 Å². The Labute approximate surface area is 325 Å². The van der Waals surface area contributed by atoms with Crippen LogP contribution in [-0.2, 0) is 32.6 Å². The molecule has 3 heterocycles. The van der Waals surface area contributed by atoms with E-state index >= 15 is 0 Å². The molecule has 4 aromatic rings. The number of fused-ring (bicyclic) bond motifs is 1. The number of hydrogen-bond acceptors (Lipinski definition) is 8. The highest BCUT2D eigenvalue weighted by Crippen LogP contribution is 2.36. The quantitative estimate of drug-likeness (QED) is 0.112. The number of sulfonamides is 1. The number of carbonyl (C=O) groups excluding carboxylic acids is 2. The van der Waals surface area contributed by atoms with E-state index < -0.39 is 16.1 Å². The van der Waals surface area contributed by atoms with Crippen molar-refractivity contribution in [2.24, 2.45) is 10.9 Å². The molecule has 0 bridgehead atoms. The Morgan fingerprint density at radius 2 is 1.73 bits per heavy atom. The number of aromatic nitrogens is 1. The number of rotatable bonds is 10. The summed E-state index contributed by atoms with van der Waals surface area (Å²) in [6.45, 7) is 2.97. The third-order valence-electron chi connectivity index (χ3n) is 9.19. The van der Waals surface area contributed by atoms with Crippen molar-refractivity contribution in [3.63, 3.8) is 0 Å². The van der Waals surface area contributed by atoms with Crippen LogP contribution < -0.4 is 15.9 Å². The second-order valence-electron chi connectivity index (χ2n) is 12.5. The summed E-state index contributed by atoms with van der Waals surface area (Å²) in [4.78, 5) is 32.7. The van der Waals surface area contributed by atoms with Crippen LogP contribution >= 0.6 is 48.0 Å². The fourth-order valence-corrected chi connectivity index (χ4v) is 8.99. The van der Waals surface area contributed by atoms with Crippen LogP contribution in [0.4, 0.5) is 0 Å². The van der Waals surface area contributed by atoms with Gasteiger partial charge in [0.15, 0.2) is 0 Å². The molecule has 16 heteroatoms. The highest BCUT2D eigenvalue weighted by Gasteiger charge is 2.41. The fraction of sp³-hybridized carbons (Fsp3) is 0.333. The van der Waals surface area contributed by atoms with Gasteiger partial charge in [-0.25, -0.2) is 13.4 Å². The van der Waals surface area contributed by atoms with E-state index in [0.717, 1.165) is 22.2 Å². The zero-order valence-electron chi connectivity index (χ0n) is 28.3. The number of hydrazone groups is 1. The number of piperidine rings is 1. The van der Waals surface area contributed by atoms with Crippen LogP contribution in [0.2, 0.25) is 10.0 Å². The summed E-state index contributed by atoms with van der Waals surface area (Å²) >= 11 is 13.3. The SMILES string of the molecule is Cc1ccc2cccc(OCc3c(Cl)ccc(S(=O)(=O)N4CCC[C@H]4C(=O)NC4CCN(C(=O)Cc5ccc(C=NN)cc5)CC4)c3Cl)c2n1.Cl.Cl. The summed E-state index contributed by atoms with van der Waals surface area (Å²) in [5.41, 5.74) is 3.56. The van der Waals surface area contributed by atoms with Crippen molar-refractivity contribution in [2.45, 2.75) is 62.6 Å². The Morgan fingerprint density at radius 1 is 1.00 bits per heavy atom. The van der Waals surface area contributed by atoms with Gasteiger partial charge in [0.2, 0.25) is 21.8 Å². The number of hydrogen-bond donors (Lipinski definition) is 2. The Bertz CT molecular complexity index is 2040. The first-order chi connectivity index (χ1) is 24.0. The number of pyridine rings is 1. The molecule has 2 saturated heterocycles. The van der Waals surface area contributed by atoms with Crippen molar-refractivity contribution >= 4 is 87.0 Å². The lowest BCUT2D eigenvalue weighted by atomic mass is 10.0. The summed E-state index contributed by atoms with van der Waals surface area (Å²) in [6, 6.07) is 18.7. The minimum atomic E-state index is -4.18. The summed E-state index contributed by atoms with van der Waals surface area (Å²) < 4.78 is 35.4. The van der Waals surface area contributed by atoms with Gasteiger partial charge in [0.05, 0.1) is 17.7 Å². The van der Waals surface area contributed by atoms with E-state index in [9.17, 15) is 18.0 Å². The van der Waals surface area contributed by atoms with Crippen molar-refractivity contribution in [2.75, 3.05) is 19.6 Å². The standard InChI is InChI=1S/C36H38Cl2N6O5S.2ClH/c1-23-7-12-26-4-2-6-31(35(26)41-23)49-22-28-29(37)13-14-32(34(28)38)50(47,48)44-17-3-5-30(44)36(46)42-27-15-18-43(19-16-27)33(45)20-24-8-10-25(11-9-24)21-40-39;;/h2,4,6-14,21,27,30H,3,5,15-20,22,39H2,1H3,(H,42,46);2*1H/t30-;;/m0../s1. The van der Waals surface area contributed by atoms with Gasteiger partial charge in [-0.1, -0.05) is 65.7 Å². The molecule has 2 fully saturated rings. The smallest absolute Gasteiger partial charge is 0.245 e. The summed E-state index contributed by atoms with van der Waals surface area (Å²) in [5.74, 6) is 5.37. The van der Waals surface area contributed by atoms with Crippen molar-refractivity contribution < 1.29 is 22.7 Å². The van der Waals surface area contributed by atoms with Gasteiger partial charge in [0.1, 0.15) is 28.8 Å². The molecule has 3 N–H and O–H groups in total. The van der Waals surface area contributed by atoms with Gasteiger partial charge in [-0.3, -0.25) is 9.59 Å². The number of halogens is 4. The van der Waals surface area contributed by atoms with Crippen LogP contribution in [0.25, 0.3) is 10.9 Å². The monoisotopic (exact) mass is 808 g/mol. The average molecular weight is 811 g/mol. The maximum absolute atomic E-state index is 14.0. The van der Waals surface area contributed by atoms with Crippen molar-refractivity contribution in [3.05, 3.63) is 99.2 Å². The van der Waals surface area contributed by atoms with E-state index in [-0.39, 0.29) is 77.2 Å². The van der Waals surface area contributed by atoms with Crippen molar-refractivity contribution in [3.8, 4) is 5.75 Å². The predicted molar refractivity (Wildman–Crippen MR) is 208 cm³/mol. The minimum Gasteiger partial charge on any atom is -0.487 e. The molecule has 0 spiro atoms. The molecule has 1 aromatic heterocycles. The number of nitrogens with two attached hydrogens (primary N) is 1. The third kappa shape index (κ3) is 9.10. The number of ether oxygens (including phenoxy) is 1. The average Bonchev–Trinajstić information content (AvgIpc) is 3.61. The molecule has 3 aromatic carbocycles. The van der Waals surface area contributed by atoms with Crippen LogP contribution in [0.5, 0.6) is 5.75 Å². The molecule has 52 heavy (non-hydrogen) atoms. The van der Waals surface area contributed by atoms with E-state index in [1.54, 1.807) is 11.0 Å². The molecule has 0 radical (unpaired) electrons. The predicted octanol–water partition coefficient (Wildman–Crippen LogP) is 6.07. The highest BCUT2D eigenvalue weighted by molar-refractivity contribution is 7.89. The number of para-hydroxylation sites is 1. The molecule has 2 amide bonds. The molecular weight excluding hydrogens is 770 g/mol. The second kappa shape index (κ2) is 17.9. The number of likely N-dealkylation sites (tertiary alicyclic amines) is 1. The number of benzene rings is 3. The lowest BCUT2D eigenvalue weighted by molar-refractivity contribution is -0.131. The number of carbonyl (C=O) groups is 2. The number of aryl methyl sites for hydroxylation is 1. The zero-order valence-corrected chi connectivity index (χ0v) is 32.3. The fourth-order valence-electron chi connectivity index (χ4n) is 6.47. The molecule has 2 aliphatic heterocycles. The van der Waals surface area contributed by atoms with Crippen molar-refractivity contribution in [1.29, 1.82) is 0 Å². The van der Waals surface area contributed by atoms with E-state index in [2.05, 4.69) is 15.4 Å². The Kier molecular flexibility index (Phi) is 14.2. The van der Waals surface area contributed by atoms with Gasteiger partial charge in [-0.2, -0.15) is 9.41 Å². The van der Waals surface area contributed by atoms with Crippen LogP contribution in [-0.4, -0.2) is 72.4 Å². The van der Waals surface area contributed by atoms with Crippen LogP contribution in [0.15, 0.2) is 76.7 Å². The molecule has 278 valence electrons. The second-order valence-corrected chi connectivity index (χ2v) is 15.2. The Balaban J connectivity index is 0.00000302. The van der Waals surface area contributed by atoms with Gasteiger partial charge in [0.25, 0.3) is 0 Å². The molecule has 0 aliphatic carbocycles. The molecule has 6 rings (SSSR count). The Hall–Kier alpha value is -3.65. The van der Waals surface area contributed by atoms with Crippen LogP contribution in [0.1, 0.15) is 48.1 Å². The summed E-state index contributed by atoms with van der Waals surface area (Å²) in [5, 5.41) is 7.66. The van der Waals surface area contributed by atoms with E-state index in [4.69, 9.17) is 33.8 Å². The van der Waals surface area contributed by atoms with Crippen LogP contribution in [0.3, 0.4) is 0 Å². The van der Waals surface area contributed by atoms with E-state index in [1.807, 2.05) is 55.5 Å². The molecule has 11 nitrogen and oxygen atoms in total. The van der Waals surface area contributed by atoms with Gasteiger partial charge in [0, 0.05) is 47.3 Å². The largest absolute Gasteiger partial charge is 0.487 e. The number of nitrogens with one attached hydrogen (secondary N) is 1. The number of amides is 2. The topological polar surface area (TPSA) is 147 Å². The molecule has 0 saturated carbocycles. The molecule has 0 unspecified atom stereocenters. The zero-order chi connectivity index (χ0) is 35.4. The minimum absolute atomic E-state index is 0. The first-order valence-electron chi connectivity index (χ1n) is 16.4. The van der Waals surface area contributed by atoms with E-state index in [0.29, 0.717) is 55.6 Å². The Morgan fingerprint density at radius 3 is 2.44 bits per heavy atom. The maximum Gasteiger partial charge on any atom is 0.245 e. The van der Waals surface area contributed by atoms with Crippen molar-refractivity contribution in [1.82, 2.24) is 19.5 Å². The molecule has 2 aliphatic rings. The molecular formula is C36H40Cl4N6O5S. The van der Waals surface area contributed by atoms with Gasteiger partial charge in [-0.15, -0.1) is 24.8 Å². The lowest BCUT2D eigenvalue weighted by Crippen LogP contribution is -2.52. The first-order valence-corrected chi connectivity index (χ1v) is 18.6. The van der Waals surface area contributed by atoms with Gasteiger partial charge >= 0.3 is 0 Å². The maximum atomic E-state index is 14.0. The highest BCUT2D eigenvalue weighted by atomic mass is 35.5. The summed E-state index contributed by atoms with van der Waals surface area (Å²) in [7, 11) is -4.18. The summed E-state index contributed by atoms with van der Waals surface area (Å²) in [6.07, 6.45) is 3.86. The van der Waals surface area contributed by atoms with Crippen LogP contribution in [0, 0.1) is 6.92 Å². The first kappa shape index (κ1) is 41.1. The van der Waals surface area contributed by atoms with Gasteiger partial charge < -0.3 is 20.8 Å². The lowest BCUT2D eigenvalue weighted by Gasteiger charge is -2.33.